The van der Waals surface area contributed by atoms with Crippen molar-refractivity contribution in [2.75, 3.05) is 40.4 Å². The fourth-order valence-corrected chi connectivity index (χ4v) is 3.20. The van der Waals surface area contributed by atoms with Crippen LogP contribution in [-0.2, 0) is 0 Å². The molecule has 1 N–H and O–H groups in total. The van der Waals surface area contributed by atoms with Crippen LogP contribution < -0.4 is 14.8 Å². The first kappa shape index (κ1) is 21.3. The van der Waals surface area contributed by atoms with Crippen LogP contribution in [0, 0.1) is 0 Å². The highest BCUT2D eigenvalue weighted by atomic mass is 127. The maximum absolute atomic E-state index is 5.67. The Morgan fingerprint density at radius 2 is 2.07 bits per heavy atom. The number of methoxy groups -OCH3 is 1. The van der Waals surface area contributed by atoms with E-state index in [2.05, 4.69) is 32.3 Å². The van der Waals surface area contributed by atoms with Gasteiger partial charge < -0.3 is 19.7 Å². The van der Waals surface area contributed by atoms with Crippen molar-refractivity contribution in [3.8, 4) is 11.5 Å². The van der Waals surface area contributed by atoms with Gasteiger partial charge >= 0.3 is 0 Å². The Labute approximate surface area is 178 Å². The molecule has 1 saturated heterocycles. The van der Waals surface area contributed by atoms with Crippen LogP contribution in [0.1, 0.15) is 17.9 Å². The average Bonchev–Trinajstić information content (AvgIpc) is 3.19. The van der Waals surface area contributed by atoms with Gasteiger partial charge in [-0.25, -0.2) is 0 Å². The number of hydrogen-bond acceptors (Lipinski definition) is 4. The fourth-order valence-electron chi connectivity index (χ4n) is 3.20. The third-order valence-corrected chi connectivity index (χ3v) is 4.58. The van der Waals surface area contributed by atoms with Crippen molar-refractivity contribution < 1.29 is 9.47 Å². The molecular formula is C20H27IN4O2. The summed E-state index contributed by atoms with van der Waals surface area (Å²) in [5.74, 6) is 3.13. The van der Waals surface area contributed by atoms with Gasteiger partial charge in [0.2, 0.25) is 0 Å². The molecule has 1 fully saturated rings. The molecule has 1 atom stereocenters. The molecule has 6 nitrogen and oxygen atoms in total. The summed E-state index contributed by atoms with van der Waals surface area (Å²) >= 11 is 0. The second-order valence-electron chi connectivity index (χ2n) is 6.22. The molecule has 1 aromatic heterocycles. The van der Waals surface area contributed by atoms with E-state index in [0.717, 1.165) is 37.0 Å². The Morgan fingerprint density at radius 3 is 2.74 bits per heavy atom. The van der Waals surface area contributed by atoms with Crippen molar-refractivity contribution in [3.05, 3.63) is 54.4 Å². The SMILES string of the molecule is CN=C(NCCOc1cccnc1)N1CCC(c2ccc(OC)cc2)C1.I. The predicted molar refractivity (Wildman–Crippen MR) is 118 cm³/mol. The van der Waals surface area contributed by atoms with Gasteiger partial charge in [-0.1, -0.05) is 12.1 Å². The largest absolute Gasteiger partial charge is 0.497 e. The molecule has 1 aliphatic heterocycles. The predicted octanol–water partition coefficient (Wildman–Crippen LogP) is 3.15. The number of hydrogen-bond donors (Lipinski definition) is 1. The summed E-state index contributed by atoms with van der Waals surface area (Å²) in [5, 5.41) is 3.38. The lowest BCUT2D eigenvalue weighted by Crippen LogP contribution is -2.41. The summed E-state index contributed by atoms with van der Waals surface area (Å²) in [5.41, 5.74) is 1.35. The van der Waals surface area contributed by atoms with E-state index >= 15 is 0 Å². The molecule has 0 saturated carbocycles. The number of rotatable bonds is 6. The standard InChI is InChI=1S/C20H26N4O2.HI/c1-21-20(23-11-13-26-19-4-3-10-22-14-19)24-12-9-17(15-24)16-5-7-18(25-2)8-6-16;/h3-8,10,14,17H,9,11-13,15H2,1-2H3,(H,21,23);1H. The zero-order valence-electron chi connectivity index (χ0n) is 15.8. The zero-order chi connectivity index (χ0) is 18.2. The molecule has 2 heterocycles. The van der Waals surface area contributed by atoms with Gasteiger partial charge in [-0.15, -0.1) is 24.0 Å². The fraction of sp³-hybridized carbons (Fsp3) is 0.400. The summed E-state index contributed by atoms with van der Waals surface area (Å²) in [6.45, 7) is 3.24. The van der Waals surface area contributed by atoms with Gasteiger partial charge in [-0.05, 0) is 36.2 Å². The number of aliphatic imine (C=N–C) groups is 1. The van der Waals surface area contributed by atoms with Crippen molar-refractivity contribution in [1.82, 2.24) is 15.2 Å². The van der Waals surface area contributed by atoms with Crippen molar-refractivity contribution in [2.45, 2.75) is 12.3 Å². The molecule has 0 spiro atoms. The highest BCUT2D eigenvalue weighted by molar-refractivity contribution is 14.0. The van der Waals surface area contributed by atoms with Crippen molar-refractivity contribution >= 4 is 29.9 Å². The first-order chi connectivity index (χ1) is 12.8. The first-order valence-electron chi connectivity index (χ1n) is 8.92. The van der Waals surface area contributed by atoms with Gasteiger partial charge in [0.15, 0.2) is 5.96 Å². The lowest BCUT2D eigenvalue weighted by Gasteiger charge is -2.22. The molecule has 3 rings (SSSR count). The summed E-state index contributed by atoms with van der Waals surface area (Å²) in [4.78, 5) is 10.8. The molecule has 1 aliphatic rings. The quantitative estimate of drug-likeness (QED) is 0.297. The van der Waals surface area contributed by atoms with Crippen LogP contribution >= 0.6 is 24.0 Å². The van der Waals surface area contributed by atoms with Crippen LogP contribution in [-0.4, -0.2) is 56.2 Å². The number of benzene rings is 1. The molecule has 0 aliphatic carbocycles. The number of halogens is 1. The van der Waals surface area contributed by atoms with Crippen LogP contribution in [0.25, 0.3) is 0 Å². The maximum Gasteiger partial charge on any atom is 0.193 e. The second kappa shape index (κ2) is 11.0. The topological polar surface area (TPSA) is 59.0 Å². The van der Waals surface area contributed by atoms with Gasteiger partial charge in [-0.2, -0.15) is 0 Å². The third kappa shape index (κ3) is 5.98. The van der Waals surface area contributed by atoms with Crippen molar-refractivity contribution in [1.29, 1.82) is 0 Å². The molecule has 27 heavy (non-hydrogen) atoms. The van der Waals surface area contributed by atoms with E-state index in [0.29, 0.717) is 19.1 Å². The number of nitrogens with one attached hydrogen (secondary N) is 1. The Hall–Kier alpha value is -2.03. The van der Waals surface area contributed by atoms with Gasteiger partial charge in [0.1, 0.15) is 18.1 Å². The minimum absolute atomic E-state index is 0. The number of ether oxygens (including phenoxy) is 2. The maximum atomic E-state index is 5.67. The summed E-state index contributed by atoms with van der Waals surface area (Å²) in [6.07, 6.45) is 4.58. The van der Waals surface area contributed by atoms with Crippen LogP contribution in [0.15, 0.2) is 53.8 Å². The van der Waals surface area contributed by atoms with E-state index in [1.807, 2.05) is 31.3 Å². The van der Waals surface area contributed by atoms with Crippen LogP contribution in [0.4, 0.5) is 0 Å². The van der Waals surface area contributed by atoms with Crippen LogP contribution in [0.5, 0.6) is 11.5 Å². The molecule has 0 amide bonds. The zero-order valence-corrected chi connectivity index (χ0v) is 18.1. The van der Waals surface area contributed by atoms with E-state index in [1.54, 1.807) is 19.5 Å². The van der Waals surface area contributed by atoms with Gasteiger partial charge in [0.05, 0.1) is 19.9 Å². The lowest BCUT2D eigenvalue weighted by molar-refractivity contribution is 0.318. The van der Waals surface area contributed by atoms with E-state index in [4.69, 9.17) is 9.47 Å². The van der Waals surface area contributed by atoms with Crippen LogP contribution in [0.2, 0.25) is 0 Å². The van der Waals surface area contributed by atoms with Gasteiger partial charge in [-0.3, -0.25) is 9.98 Å². The van der Waals surface area contributed by atoms with E-state index < -0.39 is 0 Å². The molecule has 0 bridgehead atoms. The molecule has 1 aromatic carbocycles. The highest BCUT2D eigenvalue weighted by Gasteiger charge is 2.25. The Balaban J connectivity index is 0.00000261. The van der Waals surface area contributed by atoms with E-state index in [1.165, 1.54) is 5.56 Å². The molecule has 7 heteroatoms. The smallest absolute Gasteiger partial charge is 0.193 e. The molecule has 146 valence electrons. The second-order valence-corrected chi connectivity index (χ2v) is 6.22. The lowest BCUT2D eigenvalue weighted by atomic mass is 9.98. The van der Waals surface area contributed by atoms with E-state index in [9.17, 15) is 0 Å². The number of nitrogens with zero attached hydrogens (tertiary/aromatic N) is 3. The van der Waals surface area contributed by atoms with Crippen LogP contribution in [0.3, 0.4) is 0 Å². The highest BCUT2D eigenvalue weighted by Crippen LogP contribution is 2.28. The number of aromatic nitrogens is 1. The minimum Gasteiger partial charge on any atom is -0.497 e. The minimum atomic E-state index is 0. The van der Waals surface area contributed by atoms with Crippen molar-refractivity contribution in [2.24, 2.45) is 4.99 Å². The van der Waals surface area contributed by atoms with Gasteiger partial charge in [0.25, 0.3) is 0 Å². The Bertz CT molecular complexity index is 710. The monoisotopic (exact) mass is 482 g/mol. The Morgan fingerprint density at radius 1 is 1.26 bits per heavy atom. The molecule has 2 aromatic rings. The normalized spacial score (nSPS) is 16.6. The molecule has 1 unspecified atom stereocenters. The summed E-state index contributed by atoms with van der Waals surface area (Å²) in [6, 6.07) is 12.1. The van der Waals surface area contributed by atoms with Gasteiger partial charge in [0, 0.05) is 32.3 Å². The summed E-state index contributed by atoms with van der Waals surface area (Å²) < 4.78 is 10.9. The number of likely N-dealkylation sites (tertiary alicyclic amines) is 1. The summed E-state index contributed by atoms with van der Waals surface area (Å²) in [7, 11) is 3.52. The molecule has 0 radical (unpaired) electrons. The number of guanidine groups is 1. The molecular weight excluding hydrogens is 455 g/mol. The third-order valence-electron chi connectivity index (χ3n) is 4.58. The first-order valence-corrected chi connectivity index (χ1v) is 8.92. The Kier molecular flexibility index (Phi) is 8.63. The van der Waals surface area contributed by atoms with E-state index in [-0.39, 0.29) is 24.0 Å². The van der Waals surface area contributed by atoms with Crippen molar-refractivity contribution in [3.63, 3.8) is 0 Å². The number of pyridine rings is 1. The average molecular weight is 482 g/mol.